The van der Waals surface area contributed by atoms with Crippen molar-refractivity contribution in [2.45, 2.75) is 24.5 Å². The van der Waals surface area contributed by atoms with E-state index >= 15 is 0 Å². The van der Waals surface area contributed by atoms with Gasteiger partial charge in [-0.1, -0.05) is 0 Å². The Balaban J connectivity index is 0.00000385. The zero-order valence-electron chi connectivity index (χ0n) is 16.2. The molecule has 1 saturated heterocycles. The van der Waals surface area contributed by atoms with Gasteiger partial charge in [-0.2, -0.15) is 4.31 Å². The molecule has 0 spiro atoms. The van der Waals surface area contributed by atoms with Crippen LogP contribution in [0.25, 0.3) is 11.2 Å². The number of imidazole rings is 1. The fraction of sp³-hybridized carbons (Fsp3) is 0.500. The molecular formula is C10H14BrN5NaO13P3. The van der Waals surface area contributed by atoms with Crippen LogP contribution in [0.3, 0.4) is 0 Å². The van der Waals surface area contributed by atoms with Gasteiger partial charge in [-0.3, -0.25) is 13.7 Å². The first-order chi connectivity index (χ1) is 14.6. The molecule has 1 fully saturated rings. The second-order valence-electron chi connectivity index (χ2n) is 6.09. The molecule has 7 atom stereocenters. The molecule has 0 radical (unpaired) electrons. The molecule has 0 amide bonds. The Morgan fingerprint density at radius 2 is 1.79 bits per heavy atom. The maximum atomic E-state index is 11.8. The van der Waals surface area contributed by atoms with Gasteiger partial charge in [0.2, 0.25) is 0 Å². The topological polar surface area (TPSA) is 282 Å². The molecule has 0 aromatic carbocycles. The van der Waals surface area contributed by atoms with Crippen LogP contribution in [0, 0.1) is 0 Å². The number of hydrogen-bond acceptors (Lipinski definition) is 14. The SMILES string of the molecule is Nc1ncnc2c1nc(Br)n2C1OC(COP(=O)(O)OP(=O)(O)OP(=O)([O-])O)C(O)C1O.[Na+]. The zero-order chi connectivity index (χ0) is 24.1. The number of anilines is 1. The number of rotatable bonds is 8. The van der Waals surface area contributed by atoms with E-state index < -0.39 is 54.6 Å². The smallest absolute Gasteiger partial charge is 0.756 e. The van der Waals surface area contributed by atoms with Crippen molar-refractivity contribution < 1.29 is 90.9 Å². The summed E-state index contributed by atoms with van der Waals surface area (Å²) in [6.45, 7) is -0.988. The number of hydrogen-bond donors (Lipinski definition) is 6. The van der Waals surface area contributed by atoms with E-state index in [1.165, 1.54) is 4.57 Å². The van der Waals surface area contributed by atoms with Crippen molar-refractivity contribution in [1.29, 1.82) is 0 Å². The number of nitrogens with two attached hydrogens (primary N) is 1. The van der Waals surface area contributed by atoms with Gasteiger partial charge >= 0.3 is 45.2 Å². The van der Waals surface area contributed by atoms with Gasteiger partial charge in [0.1, 0.15) is 24.6 Å². The molecule has 3 heterocycles. The van der Waals surface area contributed by atoms with Crippen molar-refractivity contribution in [2.75, 3.05) is 12.3 Å². The maximum absolute atomic E-state index is 11.8. The molecule has 7 N–H and O–H groups in total. The minimum Gasteiger partial charge on any atom is -0.756 e. The van der Waals surface area contributed by atoms with E-state index in [9.17, 15) is 33.7 Å². The average molecular weight is 608 g/mol. The molecule has 1 aliphatic heterocycles. The quantitative estimate of drug-likeness (QED) is 0.0936. The molecule has 0 saturated carbocycles. The fourth-order valence-electron chi connectivity index (χ4n) is 2.67. The predicted octanol–water partition coefficient (Wildman–Crippen LogP) is -4.49. The van der Waals surface area contributed by atoms with Crippen molar-refractivity contribution in [3.63, 3.8) is 0 Å². The summed E-state index contributed by atoms with van der Waals surface area (Å²) >= 11 is 3.13. The van der Waals surface area contributed by atoms with Crippen LogP contribution in [0.15, 0.2) is 11.1 Å². The van der Waals surface area contributed by atoms with Gasteiger partial charge in [-0.25, -0.2) is 28.4 Å². The second kappa shape index (κ2) is 10.6. The number of halogens is 1. The molecule has 7 unspecified atom stereocenters. The number of aliphatic hydroxyl groups is 2. The molecule has 0 bridgehead atoms. The third-order valence-corrected chi connectivity index (χ3v) is 8.21. The van der Waals surface area contributed by atoms with E-state index in [1.807, 2.05) is 0 Å². The van der Waals surface area contributed by atoms with Crippen LogP contribution in [0.2, 0.25) is 0 Å². The first-order valence-corrected chi connectivity index (χ1v) is 13.3. The molecular weight excluding hydrogens is 594 g/mol. The Morgan fingerprint density at radius 1 is 1.15 bits per heavy atom. The van der Waals surface area contributed by atoms with Crippen LogP contribution >= 0.6 is 39.4 Å². The number of nitrogens with zero attached hydrogens (tertiary/aromatic N) is 4. The Bertz CT molecular complexity index is 1160. The summed E-state index contributed by atoms with van der Waals surface area (Å²) in [6, 6.07) is 0. The summed E-state index contributed by atoms with van der Waals surface area (Å²) in [7, 11) is -17.1. The second-order valence-corrected chi connectivity index (χ2v) is 11.2. The summed E-state index contributed by atoms with van der Waals surface area (Å²) in [5.41, 5.74) is 5.97. The number of aromatic nitrogens is 4. The summed E-state index contributed by atoms with van der Waals surface area (Å²) in [5, 5.41) is 20.6. The van der Waals surface area contributed by atoms with Crippen LogP contribution < -0.4 is 40.2 Å². The van der Waals surface area contributed by atoms with Crippen LogP contribution in [-0.4, -0.2) is 69.3 Å². The molecule has 180 valence electrons. The number of phosphoric acid groups is 3. The van der Waals surface area contributed by atoms with Gasteiger partial charge in [0.25, 0.3) is 7.82 Å². The summed E-state index contributed by atoms with van der Waals surface area (Å²) in [4.78, 5) is 49.3. The van der Waals surface area contributed by atoms with Crippen molar-refractivity contribution in [2.24, 2.45) is 0 Å². The summed E-state index contributed by atoms with van der Waals surface area (Å²) in [5.74, 6) is 0.0156. The maximum Gasteiger partial charge on any atom is 1.00 e. The molecule has 2 aromatic rings. The third kappa shape index (κ3) is 7.09. The van der Waals surface area contributed by atoms with Gasteiger partial charge in [0.15, 0.2) is 27.9 Å². The molecule has 23 heteroatoms. The van der Waals surface area contributed by atoms with Crippen LogP contribution in [-0.2, 0) is 31.6 Å². The Kier molecular flexibility index (Phi) is 9.45. The molecule has 18 nitrogen and oxygen atoms in total. The standard InChI is InChI=1S/C10H15BrN5O13P3.Na/c11-10-15-4-7(12)13-2-14-8(4)16(10)9-6(18)5(17)3(27-9)1-26-31(22,23)29-32(24,25)28-30(19,20)21;/h2-3,5-6,9,17-18H,1H2,(H,22,23)(H,24,25)(H2,12,13,14)(H2,19,20,21);/q;+1/p-1. The van der Waals surface area contributed by atoms with E-state index in [-0.39, 0.29) is 51.3 Å². The Labute approximate surface area is 213 Å². The monoisotopic (exact) mass is 607 g/mol. The number of aliphatic hydroxyl groups excluding tert-OH is 2. The number of nitrogen functional groups attached to an aromatic ring is 1. The van der Waals surface area contributed by atoms with Gasteiger partial charge in [0, 0.05) is 0 Å². The number of fused-ring (bicyclic) bond motifs is 1. The first-order valence-electron chi connectivity index (χ1n) is 8.02. The van der Waals surface area contributed by atoms with Gasteiger partial charge in [0.05, 0.1) is 6.61 Å². The third-order valence-electron chi connectivity index (χ3n) is 3.87. The van der Waals surface area contributed by atoms with Crippen LogP contribution in [0.5, 0.6) is 0 Å². The van der Waals surface area contributed by atoms with E-state index in [0.29, 0.717) is 0 Å². The van der Waals surface area contributed by atoms with Crippen molar-refractivity contribution in [1.82, 2.24) is 19.5 Å². The van der Waals surface area contributed by atoms with E-state index in [4.69, 9.17) is 20.3 Å². The van der Waals surface area contributed by atoms with Crippen LogP contribution in [0.4, 0.5) is 5.82 Å². The Morgan fingerprint density at radius 3 is 2.39 bits per heavy atom. The van der Waals surface area contributed by atoms with Gasteiger partial charge < -0.3 is 40.3 Å². The van der Waals surface area contributed by atoms with Crippen molar-refractivity contribution in [3.8, 4) is 0 Å². The fourth-order valence-corrected chi connectivity index (χ4v) is 6.22. The molecule has 3 rings (SSSR count). The number of ether oxygens (including phenoxy) is 1. The van der Waals surface area contributed by atoms with Gasteiger partial charge in [-0.15, -0.1) is 0 Å². The van der Waals surface area contributed by atoms with E-state index in [1.54, 1.807) is 0 Å². The summed E-state index contributed by atoms with van der Waals surface area (Å²) < 4.78 is 51.8. The zero-order valence-corrected chi connectivity index (χ0v) is 22.5. The summed E-state index contributed by atoms with van der Waals surface area (Å²) in [6.07, 6.45) is -5.08. The van der Waals surface area contributed by atoms with Crippen LogP contribution in [0.1, 0.15) is 6.23 Å². The molecule has 0 aliphatic carbocycles. The van der Waals surface area contributed by atoms with Crippen molar-refractivity contribution in [3.05, 3.63) is 11.1 Å². The van der Waals surface area contributed by atoms with Gasteiger partial charge in [-0.05, 0) is 15.9 Å². The minimum atomic E-state index is -5.80. The largest absolute Gasteiger partial charge is 1.00 e. The Hall–Kier alpha value is 0.120. The minimum absolute atomic E-state index is 0. The normalized spacial score (nSPS) is 28.6. The molecule has 2 aromatic heterocycles. The molecule has 1 aliphatic rings. The number of phosphoric ester groups is 1. The van der Waals surface area contributed by atoms with E-state index in [0.717, 1.165) is 6.33 Å². The average Bonchev–Trinajstić information content (AvgIpc) is 3.08. The van der Waals surface area contributed by atoms with Crippen molar-refractivity contribution >= 4 is 56.4 Å². The predicted molar refractivity (Wildman–Crippen MR) is 101 cm³/mol. The van der Waals surface area contributed by atoms with E-state index in [2.05, 4.69) is 44.0 Å². The molecule has 33 heavy (non-hydrogen) atoms. The first kappa shape index (κ1) is 29.4.